The number of benzene rings is 2. The summed E-state index contributed by atoms with van der Waals surface area (Å²) in [6.45, 7) is 0.240. The van der Waals surface area contributed by atoms with Crippen LogP contribution in [0.4, 0.5) is 10.1 Å². The van der Waals surface area contributed by atoms with Crippen molar-refractivity contribution in [1.82, 2.24) is 0 Å². The maximum absolute atomic E-state index is 13.2. The van der Waals surface area contributed by atoms with Gasteiger partial charge in [0.25, 0.3) is 0 Å². The number of hydrogen-bond acceptors (Lipinski definition) is 2. The molecule has 0 saturated carbocycles. The minimum atomic E-state index is -0.516. The van der Waals surface area contributed by atoms with Crippen molar-refractivity contribution < 1.29 is 9.13 Å². The molecule has 2 N–H and O–H groups in total. The molecular weight excluding hydrogens is 276 g/mol. The largest absolute Gasteiger partial charge is 0.489 e. The van der Waals surface area contributed by atoms with Crippen molar-refractivity contribution in [2.45, 2.75) is 6.61 Å². The molecule has 0 bridgehead atoms. The van der Waals surface area contributed by atoms with Crippen molar-refractivity contribution in [1.29, 1.82) is 0 Å². The van der Waals surface area contributed by atoms with Gasteiger partial charge in [0.1, 0.15) is 18.2 Å². The number of nitrogens with two attached hydrogens (primary N) is 1. The van der Waals surface area contributed by atoms with Crippen LogP contribution in [0.1, 0.15) is 5.56 Å². The number of hydrogen-bond donors (Lipinski definition) is 1. The molecule has 0 saturated heterocycles. The van der Waals surface area contributed by atoms with Crippen molar-refractivity contribution in [3.05, 3.63) is 57.8 Å². The van der Waals surface area contributed by atoms with Crippen LogP contribution in [-0.2, 0) is 6.61 Å². The minimum absolute atomic E-state index is 0.0633. The van der Waals surface area contributed by atoms with Gasteiger partial charge in [-0.15, -0.1) is 0 Å². The second kappa shape index (κ2) is 5.46. The zero-order chi connectivity index (χ0) is 13.1. The molecule has 0 radical (unpaired) electrons. The molecule has 0 aromatic heterocycles. The van der Waals surface area contributed by atoms with E-state index in [-0.39, 0.29) is 11.6 Å². The number of rotatable bonds is 3. The second-order valence-corrected chi connectivity index (χ2v) is 4.55. The molecule has 5 heteroatoms. The Hall–Kier alpha value is -1.45. The molecule has 0 amide bonds. The van der Waals surface area contributed by atoms with Gasteiger partial charge in [0.2, 0.25) is 0 Å². The maximum atomic E-state index is 13.2. The SMILES string of the molecule is Nc1cc(Cl)ccc1COc1ccc(Cl)c(F)c1. The first kappa shape index (κ1) is 13.0. The summed E-state index contributed by atoms with van der Waals surface area (Å²) in [7, 11) is 0. The first-order valence-electron chi connectivity index (χ1n) is 5.18. The van der Waals surface area contributed by atoms with E-state index in [1.807, 2.05) is 0 Å². The van der Waals surface area contributed by atoms with Crippen LogP contribution in [-0.4, -0.2) is 0 Å². The quantitative estimate of drug-likeness (QED) is 0.854. The summed E-state index contributed by atoms with van der Waals surface area (Å²) >= 11 is 11.4. The average molecular weight is 286 g/mol. The van der Waals surface area contributed by atoms with E-state index in [1.165, 1.54) is 12.1 Å². The molecule has 2 aromatic rings. The van der Waals surface area contributed by atoms with Crippen LogP contribution in [0.5, 0.6) is 5.75 Å². The van der Waals surface area contributed by atoms with Gasteiger partial charge in [-0.2, -0.15) is 0 Å². The lowest BCUT2D eigenvalue weighted by molar-refractivity contribution is 0.305. The Kier molecular flexibility index (Phi) is 3.94. The Balaban J connectivity index is 2.09. The van der Waals surface area contributed by atoms with E-state index in [1.54, 1.807) is 24.3 Å². The van der Waals surface area contributed by atoms with Crippen LogP contribution in [0.15, 0.2) is 36.4 Å². The number of anilines is 1. The number of halogens is 3. The van der Waals surface area contributed by atoms with Gasteiger partial charge >= 0.3 is 0 Å². The van der Waals surface area contributed by atoms with E-state index in [2.05, 4.69) is 0 Å². The third-order valence-corrected chi connectivity index (χ3v) is 2.93. The summed E-state index contributed by atoms with van der Waals surface area (Å²) in [4.78, 5) is 0. The van der Waals surface area contributed by atoms with Crippen molar-refractivity contribution in [3.63, 3.8) is 0 Å². The topological polar surface area (TPSA) is 35.2 Å². The molecule has 94 valence electrons. The van der Waals surface area contributed by atoms with Gasteiger partial charge in [-0.1, -0.05) is 29.3 Å². The van der Waals surface area contributed by atoms with Crippen LogP contribution < -0.4 is 10.5 Å². The summed E-state index contributed by atoms with van der Waals surface area (Å²) < 4.78 is 18.6. The molecule has 0 fully saturated rings. The van der Waals surface area contributed by atoms with Gasteiger partial charge in [0, 0.05) is 22.3 Å². The van der Waals surface area contributed by atoms with Crippen LogP contribution in [0.2, 0.25) is 10.0 Å². The molecule has 2 aromatic carbocycles. The Labute approximate surface area is 114 Å². The van der Waals surface area contributed by atoms with E-state index >= 15 is 0 Å². The molecule has 2 rings (SSSR count). The normalized spacial score (nSPS) is 10.4. The number of ether oxygens (including phenoxy) is 1. The third kappa shape index (κ3) is 3.06. The van der Waals surface area contributed by atoms with E-state index in [0.29, 0.717) is 16.5 Å². The van der Waals surface area contributed by atoms with Crippen molar-refractivity contribution in [2.75, 3.05) is 5.73 Å². The highest BCUT2D eigenvalue weighted by molar-refractivity contribution is 6.31. The average Bonchev–Trinajstić information content (AvgIpc) is 2.32. The molecule has 0 aliphatic heterocycles. The first-order valence-corrected chi connectivity index (χ1v) is 5.93. The smallest absolute Gasteiger partial charge is 0.145 e. The number of nitrogen functional groups attached to an aromatic ring is 1. The minimum Gasteiger partial charge on any atom is -0.489 e. The summed E-state index contributed by atoms with van der Waals surface area (Å²) in [5.74, 6) is -0.121. The highest BCUT2D eigenvalue weighted by atomic mass is 35.5. The fourth-order valence-electron chi connectivity index (χ4n) is 1.42. The summed E-state index contributed by atoms with van der Waals surface area (Å²) in [5, 5.41) is 0.627. The van der Waals surface area contributed by atoms with Gasteiger partial charge in [-0.3, -0.25) is 0 Å². The summed E-state index contributed by atoms with van der Waals surface area (Å²) in [6.07, 6.45) is 0. The monoisotopic (exact) mass is 285 g/mol. The van der Waals surface area contributed by atoms with E-state index < -0.39 is 5.82 Å². The highest BCUT2D eigenvalue weighted by Crippen LogP contribution is 2.23. The van der Waals surface area contributed by atoms with Gasteiger partial charge in [-0.05, 0) is 24.3 Å². The standard InChI is InChI=1S/C13H10Cl2FNO/c14-9-2-1-8(13(17)5-9)7-18-10-3-4-11(15)12(16)6-10/h1-6H,7,17H2. The van der Waals surface area contributed by atoms with Crippen LogP contribution in [0, 0.1) is 5.82 Å². The zero-order valence-electron chi connectivity index (χ0n) is 9.29. The zero-order valence-corrected chi connectivity index (χ0v) is 10.8. The Morgan fingerprint density at radius 2 is 1.89 bits per heavy atom. The molecule has 0 atom stereocenters. The van der Waals surface area contributed by atoms with Crippen molar-refractivity contribution >= 4 is 28.9 Å². The Bertz CT molecular complexity index is 575. The molecule has 18 heavy (non-hydrogen) atoms. The van der Waals surface area contributed by atoms with Gasteiger partial charge in [0.05, 0.1) is 5.02 Å². The Morgan fingerprint density at radius 1 is 1.11 bits per heavy atom. The Morgan fingerprint density at radius 3 is 2.56 bits per heavy atom. The van der Waals surface area contributed by atoms with E-state index in [4.69, 9.17) is 33.7 Å². The van der Waals surface area contributed by atoms with Crippen LogP contribution in [0.3, 0.4) is 0 Å². The van der Waals surface area contributed by atoms with E-state index in [0.717, 1.165) is 5.56 Å². The van der Waals surface area contributed by atoms with Crippen molar-refractivity contribution in [2.24, 2.45) is 0 Å². The van der Waals surface area contributed by atoms with E-state index in [9.17, 15) is 4.39 Å². The third-order valence-electron chi connectivity index (χ3n) is 2.39. The lowest BCUT2D eigenvalue weighted by atomic mass is 10.2. The summed E-state index contributed by atoms with van der Waals surface area (Å²) in [5.41, 5.74) is 7.11. The first-order chi connectivity index (χ1) is 8.56. The van der Waals surface area contributed by atoms with Crippen LogP contribution >= 0.6 is 23.2 Å². The molecule has 0 spiro atoms. The molecular formula is C13H10Cl2FNO. The fourth-order valence-corrected chi connectivity index (χ4v) is 1.72. The lowest BCUT2D eigenvalue weighted by Gasteiger charge is -2.09. The molecule has 0 unspecified atom stereocenters. The fraction of sp³-hybridized carbons (Fsp3) is 0.0769. The molecule has 0 aliphatic carbocycles. The lowest BCUT2D eigenvalue weighted by Crippen LogP contribution is -2.00. The maximum Gasteiger partial charge on any atom is 0.145 e. The van der Waals surface area contributed by atoms with Gasteiger partial charge < -0.3 is 10.5 Å². The predicted molar refractivity (Wildman–Crippen MR) is 71.6 cm³/mol. The van der Waals surface area contributed by atoms with Crippen molar-refractivity contribution in [3.8, 4) is 5.75 Å². The second-order valence-electron chi connectivity index (χ2n) is 3.71. The predicted octanol–water partition coefficient (Wildman–Crippen LogP) is 4.29. The van der Waals surface area contributed by atoms with Gasteiger partial charge in [-0.25, -0.2) is 4.39 Å². The molecule has 0 aliphatic rings. The highest BCUT2D eigenvalue weighted by Gasteiger charge is 2.04. The molecule has 2 nitrogen and oxygen atoms in total. The van der Waals surface area contributed by atoms with Gasteiger partial charge in [0.15, 0.2) is 0 Å². The summed E-state index contributed by atoms with van der Waals surface area (Å²) in [6, 6.07) is 9.40. The van der Waals surface area contributed by atoms with Crippen LogP contribution in [0.25, 0.3) is 0 Å². The molecule has 0 heterocycles.